The fraction of sp³-hybridized carbons (Fsp3) is 0.500. The maximum absolute atomic E-state index is 11.6. The Morgan fingerprint density at radius 1 is 1.45 bits per heavy atom. The van der Waals surface area contributed by atoms with Crippen LogP contribution in [0.4, 0.5) is 10.5 Å². The molecule has 1 saturated heterocycles. The van der Waals surface area contributed by atoms with Crippen LogP contribution < -0.4 is 5.32 Å². The number of nitrogens with one attached hydrogen (secondary N) is 1. The first-order valence-electron chi connectivity index (χ1n) is 6.67. The van der Waals surface area contributed by atoms with Gasteiger partial charge in [-0.3, -0.25) is 0 Å². The summed E-state index contributed by atoms with van der Waals surface area (Å²) in [4.78, 5) is 13.1. The minimum Gasteiger partial charge on any atom is -0.386 e. The number of fused-ring (bicyclic) bond motifs is 1. The van der Waals surface area contributed by atoms with E-state index in [-0.39, 0.29) is 12.1 Å². The highest BCUT2D eigenvalue weighted by molar-refractivity contribution is 5.92. The summed E-state index contributed by atoms with van der Waals surface area (Å²) in [6, 6.07) is 5.43. The molecule has 20 heavy (non-hydrogen) atoms. The molecule has 0 saturated carbocycles. The molecule has 0 bridgehead atoms. The van der Waals surface area contributed by atoms with Crippen LogP contribution in [0.3, 0.4) is 0 Å². The quantitative estimate of drug-likeness (QED) is 0.850. The number of carbonyl (C=O) groups excluding carboxylic acids is 1. The van der Waals surface area contributed by atoms with Gasteiger partial charge in [-0.15, -0.1) is 0 Å². The van der Waals surface area contributed by atoms with Crippen molar-refractivity contribution in [2.45, 2.75) is 18.8 Å². The first-order chi connectivity index (χ1) is 9.65. The molecule has 2 atom stereocenters. The first kappa shape index (κ1) is 13.4. The average molecular weight is 278 g/mol. The van der Waals surface area contributed by atoms with Gasteiger partial charge in [0.05, 0.1) is 19.8 Å². The molecule has 1 fully saturated rings. The highest BCUT2D eigenvalue weighted by atomic mass is 16.6. The standard InChI is InChI=1S/C14H18N2O4/c1-16-7-10-6-9(2-3-11(10)15-14(16)18)13(17)12-8-19-4-5-20-12/h2-3,6,12-13,17H,4-5,7-8H2,1H3,(H,15,18). The molecule has 1 aromatic carbocycles. The van der Waals surface area contributed by atoms with Crippen LogP contribution in [0.15, 0.2) is 18.2 Å². The largest absolute Gasteiger partial charge is 0.386 e. The summed E-state index contributed by atoms with van der Waals surface area (Å²) >= 11 is 0. The Hall–Kier alpha value is -1.63. The van der Waals surface area contributed by atoms with Crippen LogP contribution in [0.5, 0.6) is 0 Å². The number of ether oxygens (including phenoxy) is 2. The molecule has 0 radical (unpaired) electrons. The van der Waals surface area contributed by atoms with E-state index in [2.05, 4.69) is 5.32 Å². The summed E-state index contributed by atoms with van der Waals surface area (Å²) in [6.45, 7) is 2.01. The minimum absolute atomic E-state index is 0.116. The highest BCUT2D eigenvalue weighted by Crippen LogP contribution is 2.28. The van der Waals surface area contributed by atoms with Gasteiger partial charge in [0.15, 0.2) is 0 Å². The van der Waals surface area contributed by atoms with Crippen molar-refractivity contribution in [1.82, 2.24) is 4.90 Å². The zero-order chi connectivity index (χ0) is 14.1. The summed E-state index contributed by atoms with van der Waals surface area (Å²) in [5, 5.41) is 13.2. The van der Waals surface area contributed by atoms with Crippen molar-refractivity contribution in [3.63, 3.8) is 0 Å². The second-order valence-electron chi connectivity index (χ2n) is 5.13. The molecule has 0 spiro atoms. The van der Waals surface area contributed by atoms with Gasteiger partial charge in [-0.25, -0.2) is 4.79 Å². The molecule has 2 heterocycles. The Kier molecular flexibility index (Phi) is 3.60. The molecule has 2 N–H and O–H groups in total. The number of aliphatic hydroxyl groups excluding tert-OH is 1. The fourth-order valence-corrected chi connectivity index (χ4v) is 2.49. The van der Waals surface area contributed by atoms with E-state index in [9.17, 15) is 9.90 Å². The zero-order valence-electron chi connectivity index (χ0n) is 11.3. The lowest BCUT2D eigenvalue weighted by Gasteiger charge is -2.29. The van der Waals surface area contributed by atoms with Crippen LogP contribution >= 0.6 is 0 Å². The van der Waals surface area contributed by atoms with E-state index < -0.39 is 6.10 Å². The second-order valence-corrected chi connectivity index (χ2v) is 5.13. The number of carbonyl (C=O) groups is 1. The molecule has 3 rings (SSSR count). The van der Waals surface area contributed by atoms with Gasteiger partial charge >= 0.3 is 6.03 Å². The van der Waals surface area contributed by atoms with E-state index >= 15 is 0 Å². The molecule has 6 nitrogen and oxygen atoms in total. The molecule has 6 heteroatoms. The van der Waals surface area contributed by atoms with E-state index in [4.69, 9.17) is 9.47 Å². The van der Waals surface area contributed by atoms with Crippen LogP contribution in [0.25, 0.3) is 0 Å². The number of aliphatic hydroxyl groups is 1. The maximum atomic E-state index is 11.6. The molecule has 108 valence electrons. The van der Waals surface area contributed by atoms with Crippen molar-refractivity contribution in [3.05, 3.63) is 29.3 Å². The van der Waals surface area contributed by atoms with Gasteiger partial charge in [-0.05, 0) is 23.3 Å². The summed E-state index contributed by atoms with van der Waals surface area (Å²) in [5.41, 5.74) is 2.56. The molecular weight excluding hydrogens is 260 g/mol. The Bertz CT molecular complexity index is 514. The molecule has 0 aliphatic carbocycles. The van der Waals surface area contributed by atoms with E-state index in [0.717, 1.165) is 16.8 Å². The predicted octanol–water partition coefficient (Wildman–Crippen LogP) is 1.11. The number of urea groups is 1. The Morgan fingerprint density at radius 2 is 2.30 bits per heavy atom. The topological polar surface area (TPSA) is 71.0 Å². The van der Waals surface area contributed by atoms with Gasteiger partial charge < -0.3 is 24.8 Å². The molecular formula is C14H18N2O4. The number of anilines is 1. The van der Waals surface area contributed by atoms with E-state index in [1.165, 1.54) is 0 Å². The monoisotopic (exact) mass is 278 g/mol. The highest BCUT2D eigenvalue weighted by Gasteiger charge is 2.26. The van der Waals surface area contributed by atoms with Crippen molar-refractivity contribution >= 4 is 11.7 Å². The predicted molar refractivity (Wildman–Crippen MR) is 72.4 cm³/mol. The van der Waals surface area contributed by atoms with Crippen molar-refractivity contribution in [1.29, 1.82) is 0 Å². The van der Waals surface area contributed by atoms with Crippen LogP contribution in [0.1, 0.15) is 17.2 Å². The van der Waals surface area contributed by atoms with Gasteiger partial charge in [-0.1, -0.05) is 6.07 Å². The summed E-state index contributed by atoms with van der Waals surface area (Å²) in [7, 11) is 1.74. The van der Waals surface area contributed by atoms with Crippen LogP contribution in [0.2, 0.25) is 0 Å². The molecule has 0 aromatic heterocycles. The lowest BCUT2D eigenvalue weighted by Crippen LogP contribution is -2.36. The van der Waals surface area contributed by atoms with Gasteiger partial charge in [0.1, 0.15) is 12.2 Å². The third-order valence-corrected chi connectivity index (χ3v) is 3.66. The summed E-state index contributed by atoms with van der Waals surface area (Å²) < 4.78 is 10.8. The number of rotatable bonds is 2. The number of amides is 2. The fourth-order valence-electron chi connectivity index (χ4n) is 2.49. The van der Waals surface area contributed by atoms with Crippen molar-refractivity contribution in [3.8, 4) is 0 Å². The smallest absolute Gasteiger partial charge is 0.321 e. The number of benzene rings is 1. The summed E-state index contributed by atoms with van der Waals surface area (Å²) in [5.74, 6) is 0. The van der Waals surface area contributed by atoms with Crippen molar-refractivity contribution < 1.29 is 19.4 Å². The average Bonchev–Trinajstić information content (AvgIpc) is 2.48. The number of hydrogen-bond donors (Lipinski definition) is 2. The zero-order valence-corrected chi connectivity index (χ0v) is 11.3. The van der Waals surface area contributed by atoms with E-state index in [1.807, 2.05) is 18.2 Å². The lowest BCUT2D eigenvalue weighted by molar-refractivity contribution is -0.133. The van der Waals surface area contributed by atoms with Gasteiger partial charge in [0, 0.05) is 19.3 Å². The Labute approximate surface area is 117 Å². The summed E-state index contributed by atoms with van der Waals surface area (Å²) in [6.07, 6.45) is -1.05. The van der Waals surface area contributed by atoms with Crippen LogP contribution in [0, 0.1) is 0 Å². The first-order valence-corrected chi connectivity index (χ1v) is 6.67. The number of nitrogens with zero attached hydrogens (tertiary/aromatic N) is 1. The van der Waals surface area contributed by atoms with E-state index in [0.29, 0.717) is 26.4 Å². The molecule has 1 aromatic rings. The van der Waals surface area contributed by atoms with Crippen LogP contribution in [-0.2, 0) is 16.0 Å². The van der Waals surface area contributed by atoms with Crippen molar-refractivity contribution in [2.24, 2.45) is 0 Å². The van der Waals surface area contributed by atoms with E-state index in [1.54, 1.807) is 11.9 Å². The lowest BCUT2D eigenvalue weighted by atomic mass is 9.99. The van der Waals surface area contributed by atoms with Crippen LogP contribution in [-0.4, -0.2) is 49.0 Å². The van der Waals surface area contributed by atoms with Crippen molar-refractivity contribution in [2.75, 3.05) is 32.2 Å². The van der Waals surface area contributed by atoms with Gasteiger partial charge in [0.25, 0.3) is 0 Å². The molecule has 2 aliphatic rings. The Morgan fingerprint density at radius 3 is 3.05 bits per heavy atom. The molecule has 2 aliphatic heterocycles. The minimum atomic E-state index is -0.719. The number of hydrogen-bond acceptors (Lipinski definition) is 4. The molecule has 2 amide bonds. The second kappa shape index (κ2) is 5.40. The molecule has 2 unspecified atom stereocenters. The SMILES string of the molecule is CN1Cc2cc(C(O)C3COCCO3)ccc2NC1=O. The third-order valence-electron chi connectivity index (χ3n) is 3.66. The Balaban J connectivity index is 1.81. The third kappa shape index (κ3) is 2.49. The van der Waals surface area contributed by atoms with Gasteiger partial charge in [-0.2, -0.15) is 0 Å². The van der Waals surface area contributed by atoms with Gasteiger partial charge in [0.2, 0.25) is 0 Å². The normalized spacial score (nSPS) is 24.0. The maximum Gasteiger partial charge on any atom is 0.321 e.